The van der Waals surface area contributed by atoms with E-state index in [-0.39, 0.29) is 11.7 Å². The highest BCUT2D eigenvalue weighted by Gasteiger charge is 2.24. The Hall–Kier alpha value is -3.65. The molecule has 4 aromatic rings. The summed E-state index contributed by atoms with van der Waals surface area (Å²) >= 11 is 1.41. The summed E-state index contributed by atoms with van der Waals surface area (Å²) in [6.45, 7) is 2.04. The monoisotopic (exact) mass is 446 g/mol. The van der Waals surface area contributed by atoms with Crippen LogP contribution in [0.1, 0.15) is 28.6 Å². The van der Waals surface area contributed by atoms with Gasteiger partial charge in [0.25, 0.3) is 5.91 Å². The van der Waals surface area contributed by atoms with Crippen LogP contribution in [-0.2, 0) is 17.1 Å². The van der Waals surface area contributed by atoms with Gasteiger partial charge in [0.05, 0.1) is 0 Å². The van der Waals surface area contributed by atoms with Crippen LogP contribution < -0.4 is 10.6 Å². The van der Waals surface area contributed by atoms with Gasteiger partial charge in [-0.25, -0.2) is 9.97 Å². The van der Waals surface area contributed by atoms with Gasteiger partial charge in [-0.3, -0.25) is 9.59 Å². The van der Waals surface area contributed by atoms with Gasteiger partial charge in [0, 0.05) is 35.6 Å². The lowest BCUT2D eigenvalue weighted by molar-refractivity contribution is -0.122. The van der Waals surface area contributed by atoms with E-state index in [9.17, 15) is 9.59 Å². The first-order chi connectivity index (χ1) is 15.6. The summed E-state index contributed by atoms with van der Waals surface area (Å²) in [6.07, 6.45) is 3.35. The molecule has 2 heterocycles. The summed E-state index contributed by atoms with van der Waals surface area (Å²) in [5.74, 6) is -0.0596. The molecular weight excluding hydrogens is 424 g/mol. The molecule has 0 spiro atoms. The molecule has 2 aromatic heterocycles. The first kappa shape index (κ1) is 21.6. The molecule has 0 saturated carbocycles. The van der Waals surface area contributed by atoms with Gasteiger partial charge in [-0.15, -0.1) is 0 Å². The van der Waals surface area contributed by atoms with Gasteiger partial charge in [0.2, 0.25) is 5.91 Å². The largest absolute Gasteiger partial charge is 0.451 e. The third-order valence-electron chi connectivity index (χ3n) is 4.84. The molecule has 0 aliphatic carbocycles. The molecule has 162 valence electrons. The number of benzene rings is 2. The molecule has 32 heavy (non-hydrogen) atoms. The molecule has 0 radical (unpaired) electrons. The summed E-state index contributed by atoms with van der Waals surface area (Å²) in [5.41, 5.74) is 2.34. The molecule has 2 N–H and O–H groups in total. The minimum atomic E-state index is -0.725. The number of furan rings is 1. The van der Waals surface area contributed by atoms with E-state index in [1.165, 1.54) is 11.8 Å². The minimum Gasteiger partial charge on any atom is -0.451 e. The van der Waals surface area contributed by atoms with Crippen LogP contribution in [0.2, 0.25) is 0 Å². The van der Waals surface area contributed by atoms with Gasteiger partial charge in [-0.05, 0) is 24.6 Å². The number of para-hydroxylation sites is 1. The molecule has 1 atom stereocenters. The number of nitrogens with one attached hydrogen (secondary N) is 2. The Morgan fingerprint density at radius 3 is 2.50 bits per heavy atom. The Kier molecular flexibility index (Phi) is 6.81. The zero-order valence-electron chi connectivity index (χ0n) is 17.4. The molecule has 4 rings (SSSR count). The number of hydrogen-bond acceptors (Lipinski definition) is 6. The van der Waals surface area contributed by atoms with Crippen LogP contribution in [0.3, 0.4) is 0 Å². The Morgan fingerprint density at radius 2 is 1.72 bits per heavy atom. The number of amides is 2. The first-order valence-corrected chi connectivity index (χ1v) is 11.1. The fraction of sp³-hybridized carbons (Fsp3) is 0.167. The van der Waals surface area contributed by atoms with Gasteiger partial charge < -0.3 is 15.1 Å². The Balaban J connectivity index is 1.46. The summed E-state index contributed by atoms with van der Waals surface area (Å²) in [5, 5.41) is 7.04. The van der Waals surface area contributed by atoms with Gasteiger partial charge in [0.15, 0.2) is 10.9 Å². The van der Waals surface area contributed by atoms with Crippen LogP contribution in [0, 0.1) is 0 Å². The molecule has 2 amide bonds. The van der Waals surface area contributed by atoms with Crippen molar-refractivity contribution in [1.82, 2.24) is 20.6 Å². The molecular formula is C24H22N4O3S. The van der Waals surface area contributed by atoms with Crippen LogP contribution in [0.4, 0.5) is 0 Å². The summed E-state index contributed by atoms with van der Waals surface area (Å²) in [4.78, 5) is 33.9. The van der Waals surface area contributed by atoms with E-state index in [2.05, 4.69) is 20.6 Å². The molecule has 0 fully saturated rings. The number of thioether (sulfide) groups is 1. The highest BCUT2D eigenvalue weighted by atomic mass is 32.2. The molecule has 0 aliphatic rings. The van der Waals surface area contributed by atoms with Gasteiger partial charge in [0.1, 0.15) is 11.6 Å². The first-order valence-electron chi connectivity index (χ1n) is 10.1. The number of nitrogens with zero attached hydrogens (tertiary/aromatic N) is 2. The molecule has 0 aliphatic heterocycles. The van der Waals surface area contributed by atoms with E-state index in [1.807, 2.05) is 54.6 Å². The van der Waals surface area contributed by atoms with Crippen molar-refractivity contribution in [3.63, 3.8) is 0 Å². The SMILES string of the molecule is CC(NC(=O)c1oc2ccccc2c1CSc1ncccn1)C(=O)NCc1ccccc1. The molecule has 2 aromatic carbocycles. The number of rotatable bonds is 8. The average Bonchev–Trinajstić information content (AvgIpc) is 3.21. The van der Waals surface area contributed by atoms with Crippen molar-refractivity contribution >= 4 is 34.5 Å². The highest BCUT2D eigenvalue weighted by Crippen LogP contribution is 2.31. The summed E-state index contributed by atoms with van der Waals surface area (Å²) in [6, 6.07) is 18.1. The molecule has 8 heteroatoms. The fourth-order valence-corrected chi connectivity index (χ4v) is 4.02. The van der Waals surface area contributed by atoms with E-state index in [4.69, 9.17) is 4.42 Å². The van der Waals surface area contributed by atoms with Crippen LogP contribution in [-0.4, -0.2) is 27.8 Å². The molecule has 0 bridgehead atoms. The highest BCUT2D eigenvalue weighted by molar-refractivity contribution is 7.98. The predicted molar refractivity (Wildman–Crippen MR) is 123 cm³/mol. The third-order valence-corrected chi connectivity index (χ3v) is 5.74. The van der Waals surface area contributed by atoms with Crippen molar-refractivity contribution in [2.24, 2.45) is 0 Å². The number of carbonyl (C=O) groups excluding carboxylic acids is 2. The van der Waals surface area contributed by atoms with Crippen molar-refractivity contribution in [1.29, 1.82) is 0 Å². The Labute approximate surface area is 189 Å². The lowest BCUT2D eigenvalue weighted by Gasteiger charge is -2.14. The van der Waals surface area contributed by atoms with Crippen LogP contribution in [0.25, 0.3) is 11.0 Å². The maximum Gasteiger partial charge on any atom is 0.288 e. The van der Waals surface area contributed by atoms with Crippen molar-refractivity contribution in [3.05, 3.63) is 89.9 Å². The predicted octanol–water partition coefficient (Wildman–Crippen LogP) is 3.95. The zero-order chi connectivity index (χ0) is 22.3. The second-order valence-electron chi connectivity index (χ2n) is 7.12. The quantitative estimate of drug-likeness (QED) is 0.314. The Bertz CT molecular complexity index is 1210. The maximum absolute atomic E-state index is 13.0. The maximum atomic E-state index is 13.0. The van der Waals surface area contributed by atoms with Gasteiger partial charge in [-0.1, -0.05) is 60.3 Å². The zero-order valence-corrected chi connectivity index (χ0v) is 18.3. The second-order valence-corrected chi connectivity index (χ2v) is 8.07. The van der Waals surface area contributed by atoms with Crippen LogP contribution >= 0.6 is 11.8 Å². The second kappa shape index (κ2) is 10.1. The fourth-order valence-electron chi connectivity index (χ4n) is 3.19. The Morgan fingerprint density at radius 1 is 1.00 bits per heavy atom. The van der Waals surface area contributed by atoms with Crippen LogP contribution in [0.5, 0.6) is 0 Å². The van der Waals surface area contributed by atoms with Gasteiger partial charge >= 0.3 is 0 Å². The van der Waals surface area contributed by atoms with Gasteiger partial charge in [-0.2, -0.15) is 0 Å². The van der Waals surface area contributed by atoms with E-state index < -0.39 is 11.9 Å². The minimum absolute atomic E-state index is 0.192. The standard InChI is InChI=1S/C24H22N4O3S/c1-16(22(29)27-14-17-8-3-2-4-9-17)28-23(30)21-19(15-32-24-25-12-7-13-26-24)18-10-5-6-11-20(18)31-21/h2-13,16H,14-15H2,1H3,(H,27,29)(H,28,30). The summed E-state index contributed by atoms with van der Waals surface area (Å²) in [7, 11) is 0. The normalized spacial score (nSPS) is 11.8. The summed E-state index contributed by atoms with van der Waals surface area (Å²) < 4.78 is 5.86. The van der Waals surface area contributed by atoms with Crippen molar-refractivity contribution in [2.45, 2.75) is 30.4 Å². The third kappa shape index (κ3) is 5.15. The van der Waals surface area contributed by atoms with Crippen LogP contribution in [0.15, 0.2) is 82.6 Å². The van der Waals surface area contributed by atoms with E-state index >= 15 is 0 Å². The van der Waals surface area contributed by atoms with Crippen molar-refractivity contribution < 1.29 is 14.0 Å². The average molecular weight is 447 g/mol. The number of hydrogen-bond donors (Lipinski definition) is 2. The molecule has 7 nitrogen and oxygen atoms in total. The topological polar surface area (TPSA) is 97.1 Å². The lowest BCUT2D eigenvalue weighted by atomic mass is 10.1. The smallest absolute Gasteiger partial charge is 0.288 e. The van der Waals surface area contributed by atoms with E-state index in [1.54, 1.807) is 25.4 Å². The number of carbonyl (C=O) groups is 2. The van der Waals surface area contributed by atoms with Crippen molar-refractivity contribution in [2.75, 3.05) is 0 Å². The lowest BCUT2D eigenvalue weighted by Crippen LogP contribution is -2.44. The van der Waals surface area contributed by atoms with Crippen molar-refractivity contribution in [3.8, 4) is 0 Å². The molecule has 0 saturated heterocycles. The van der Waals surface area contributed by atoms with E-state index in [0.29, 0.717) is 23.0 Å². The van der Waals surface area contributed by atoms with E-state index in [0.717, 1.165) is 16.5 Å². The number of aromatic nitrogens is 2. The number of fused-ring (bicyclic) bond motifs is 1. The molecule has 1 unspecified atom stereocenters.